The van der Waals surface area contributed by atoms with Gasteiger partial charge in [0.15, 0.2) is 0 Å². The minimum Gasteiger partial charge on any atom is -0.467 e. The highest BCUT2D eigenvalue weighted by molar-refractivity contribution is 5.84. The molecule has 16 heavy (non-hydrogen) atoms. The van der Waals surface area contributed by atoms with Crippen LogP contribution in [-0.2, 0) is 14.3 Å². The van der Waals surface area contributed by atoms with Crippen molar-refractivity contribution in [3.8, 4) is 0 Å². The molecular formula is C11H22N2O3. The molecule has 0 aliphatic heterocycles. The molecule has 0 spiro atoms. The lowest BCUT2D eigenvalue weighted by atomic mass is 10.0. The second-order valence-electron chi connectivity index (χ2n) is 3.92. The zero-order valence-electron chi connectivity index (χ0n) is 10.5. The highest BCUT2D eigenvalue weighted by atomic mass is 16.5. The molecule has 0 saturated carbocycles. The zero-order valence-corrected chi connectivity index (χ0v) is 10.5. The van der Waals surface area contributed by atoms with Crippen molar-refractivity contribution < 1.29 is 14.3 Å². The summed E-state index contributed by atoms with van der Waals surface area (Å²) in [6, 6.07) is -0.556. The molecule has 0 heterocycles. The largest absolute Gasteiger partial charge is 0.467 e. The summed E-state index contributed by atoms with van der Waals surface area (Å²) < 4.78 is 4.63. The molecule has 0 rings (SSSR count). The van der Waals surface area contributed by atoms with E-state index in [1.54, 1.807) is 0 Å². The Morgan fingerprint density at radius 1 is 1.31 bits per heavy atom. The second kappa shape index (κ2) is 8.10. The number of hydrogen-bond donors (Lipinski definition) is 2. The zero-order chi connectivity index (χ0) is 12.6. The Balaban J connectivity index is 4.09. The Bertz CT molecular complexity index is 229. The lowest BCUT2D eigenvalue weighted by molar-refractivity contribution is -0.146. The van der Waals surface area contributed by atoms with Gasteiger partial charge in [-0.25, -0.2) is 4.79 Å². The van der Waals surface area contributed by atoms with E-state index in [0.717, 1.165) is 6.54 Å². The summed E-state index contributed by atoms with van der Waals surface area (Å²) in [6.07, 6.45) is 0.369. The third kappa shape index (κ3) is 5.70. The summed E-state index contributed by atoms with van der Waals surface area (Å²) in [5.74, 6) is -0.507. The molecule has 1 amide bonds. The monoisotopic (exact) mass is 230 g/mol. The smallest absolute Gasteiger partial charge is 0.328 e. The van der Waals surface area contributed by atoms with E-state index in [-0.39, 0.29) is 11.8 Å². The van der Waals surface area contributed by atoms with Crippen molar-refractivity contribution in [3.05, 3.63) is 0 Å². The molecule has 2 N–H and O–H groups in total. The maximum Gasteiger partial charge on any atom is 0.328 e. The van der Waals surface area contributed by atoms with Crippen LogP contribution in [0.4, 0.5) is 0 Å². The molecule has 0 saturated heterocycles. The van der Waals surface area contributed by atoms with E-state index in [0.29, 0.717) is 13.0 Å². The molecule has 0 aliphatic carbocycles. The first-order valence-electron chi connectivity index (χ1n) is 5.60. The molecule has 0 aromatic rings. The van der Waals surface area contributed by atoms with E-state index in [2.05, 4.69) is 15.4 Å². The summed E-state index contributed by atoms with van der Waals surface area (Å²) in [7, 11) is 1.32. The Kier molecular flexibility index (Phi) is 7.54. The van der Waals surface area contributed by atoms with Gasteiger partial charge in [-0.3, -0.25) is 4.79 Å². The minimum atomic E-state index is -0.556. The van der Waals surface area contributed by atoms with Gasteiger partial charge in [0.25, 0.3) is 0 Å². The van der Waals surface area contributed by atoms with Gasteiger partial charge in [-0.2, -0.15) is 0 Å². The predicted molar refractivity (Wildman–Crippen MR) is 61.9 cm³/mol. The van der Waals surface area contributed by atoms with Gasteiger partial charge < -0.3 is 15.4 Å². The Morgan fingerprint density at radius 2 is 1.94 bits per heavy atom. The molecular weight excluding hydrogens is 208 g/mol. The number of carbonyl (C=O) groups is 2. The van der Waals surface area contributed by atoms with E-state index in [9.17, 15) is 9.59 Å². The molecule has 0 fully saturated rings. The molecule has 94 valence electrons. The highest BCUT2D eigenvalue weighted by Gasteiger charge is 2.24. The standard InChI is InChI=1S/C11H22N2O3/c1-5-12-7-6-9(14)13-10(8(2)3)11(15)16-4/h8,10,12H,5-7H2,1-4H3,(H,13,14)/t10-/m0/s1. The van der Waals surface area contributed by atoms with Crippen molar-refractivity contribution in [3.63, 3.8) is 0 Å². The van der Waals surface area contributed by atoms with E-state index in [1.807, 2.05) is 20.8 Å². The lowest BCUT2D eigenvalue weighted by Gasteiger charge is -2.19. The molecule has 0 aromatic heterocycles. The van der Waals surface area contributed by atoms with Crippen LogP contribution >= 0.6 is 0 Å². The fourth-order valence-electron chi connectivity index (χ4n) is 1.25. The van der Waals surface area contributed by atoms with E-state index >= 15 is 0 Å². The van der Waals surface area contributed by atoms with E-state index in [4.69, 9.17) is 0 Å². The van der Waals surface area contributed by atoms with Crippen molar-refractivity contribution in [2.45, 2.75) is 33.2 Å². The van der Waals surface area contributed by atoms with Crippen molar-refractivity contribution in [1.29, 1.82) is 0 Å². The molecule has 5 heteroatoms. The summed E-state index contributed by atoms with van der Waals surface area (Å²) in [4.78, 5) is 22.9. The molecule has 0 bridgehead atoms. The van der Waals surface area contributed by atoms with Gasteiger partial charge in [0.1, 0.15) is 6.04 Å². The van der Waals surface area contributed by atoms with Crippen LogP contribution in [0, 0.1) is 5.92 Å². The van der Waals surface area contributed by atoms with Crippen molar-refractivity contribution in [2.24, 2.45) is 5.92 Å². The third-order valence-electron chi connectivity index (χ3n) is 2.22. The first-order chi connectivity index (χ1) is 7.52. The highest BCUT2D eigenvalue weighted by Crippen LogP contribution is 2.03. The molecule has 0 aliphatic rings. The fraction of sp³-hybridized carbons (Fsp3) is 0.818. The van der Waals surface area contributed by atoms with Crippen LogP contribution in [0.15, 0.2) is 0 Å². The summed E-state index contributed by atoms with van der Waals surface area (Å²) in [6.45, 7) is 7.16. The van der Waals surface area contributed by atoms with Gasteiger partial charge >= 0.3 is 5.97 Å². The third-order valence-corrected chi connectivity index (χ3v) is 2.22. The maximum absolute atomic E-state index is 11.5. The van der Waals surface area contributed by atoms with Gasteiger partial charge in [0.2, 0.25) is 5.91 Å². The van der Waals surface area contributed by atoms with Gasteiger partial charge in [0.05, 0.1) is 7.11 Å². The van der Waals surface area contributed by atoms with Crippen LogP contribution in [0.2, 0.25) is 0 Å². The number of ether oxygens (including phenoxy) is 1. The summed E-state index contributed by atoms with van der Waals surface area (Å²) in [5.41, 5.74) is 0. The molecule has 0 aromatic carbocycles. The van der Waals surface area contributed by atoms with E-state index < -0.39 is 12.0 Å². The number of rotatable bonds is 7. The first kappa shape index (κ1) is 14.9. The summed E-state index contributed by atoms with van der Waals surface area (Å²) in [5, 5.41) is 5.72. The Labute approximate surface area is 96.9 Å². The predicted octanol–water partition coefficient (Wildman–Crippen LogP) is 0.300. The fourth-order valence-corrected chi connectivity index (χ4v) is 1.25. The van der Waals surface area contributed by atoms with Crippen LogP contribution in [0.5, 0.6) is 0 Å². The molecule has 5 nitrogen and oxygen atoms in total. The van der Waals surface area contributed by atoms with Gasteiger partial charge in [-0.05, 0) is 12.5 Å². The number of hydrogen-bond acceptors (Lipinski definition) is 4. The van der Waals surface area contributed by atoms with Gasteiger partial charge in [-0.1, -0.05) is 20.8 Å². The SMILES string of the molecule is CCNCCC(=O)N[C@H](C(=O)OC)C(C)C. The average Bonchev–Trinajstić information content (AvgIpc) is 2.25. The lowest BCUT2D eigenvalue weighted by Crippen LogP contribution is -2.45. The minimum absolute atomic E-state index is 0.0236. The number of carbonyl (C=O) groups excluding carboxylic acids is 2. The van der Waals surface area contributed by atoms with Crippen molar-refractivity contribution in [1.82, 2.24) is 10.6 Å². The Hall–Kier alpha value is -1.10. The van der Waals surface area contributed by atoms with Crippen LogP contribution in [0.25, 0.3) is 0 Å². The van der Waals surface area contributed by atoms with E-state index in [1.165, 1.54) is 7.11 Å². The molecule has 0 unspecified atom stereocenters. The quantitative estimate of drug-likeness (QED) is 0.487. The maximum atomic E-state index is 11.5. The number of esters is 1. The number of methoxy groups -OCH3 is 1. The number of amides is 1. The van der Waals surface area contributed by atoms with Crippen LogP contribution in [-0.4, -0.2) is 38.1 Å². The van der Waals surface area contributed by atoms with Crippen LogP contribution in [0.3, 0.4) is 0 Å². The first-order valence-corrected chi connectivity index (χ1v) is 5.60. The second-order valence-corrected chi connectivity index (χ2v) is 3.92. The van der Waals surface area contributed by atoms with Gasteiger partial charge in [0, 0.05) is 13.0 Å². The normalized spacial score (nSPS) is 12.3. The topological polar surface area (TPSA) is 67.4 Å². The Morgan fingerprint density at radius 3 is 2.38 bits per heavy atom. The molecule has 1 atom stereocenters. The summed E-state index contributed by atoms with van der Waals surface area (Å²) >= 11 is 0. The van der Waals surface area contributed by atoms with Crippen molar-refractivity contribution in [2.75, 3.05) is 20.2 Å². The average molecular weight is 230 g/mol. The molecule has 0 radical (unpaired) electrons. The van der Waals surface area contributed by atoms with Gasteiger partial charge in [-0.15, -0.1) is 0 Å². The number of nitrogens with one attached hydrogen (secondary N) is 2. The van der Waals surface area contributed by atoms with Crippen LogP contribution in [0.1, 0.15) is 27.2 Å². The van der Waals surface area contributed by atoms with Crippen LogP contribution < -0.4 is 10.6 Å². The van der Waals surface area contributed by atoms with Crippen molar-refractivity contribution >= 4 is 11.9 Å².